The van der Waals surface area contributed by atoms with Crippen LogP contribution in [0.2, 0.25) is 0 Å². The van der Waals surface area contributed by atoms with Gasteiger partial charge in [-0.25, -0.2) is 9.42 Å². The van der Waals surface area contributed by atoms with Crippen molar-refractivity contribution in [1.29, 1.82) is 0 Å². The third kappa shape index (κ3) is 2.08. The van der Waals surface area contributed by atoms with Gasteiger partial charge in [-0.3, -0.25) is 0 Å². The number of rotatable bonds is 3. The second-order valence-electron chi connectivity index (χ2n) is 5.13. The first-order valence-corrected chi connectivity index (χ1v) is 6.60. The van der Waals surface area contributed by atoms with Crippen molar-refractivity contribution in [3.63, 3.8) is 0 Å². The number of carboxylic acids is 1. The quantitative estimate of drug-likeness (QED) is 0.800. The minimum atomic E-state index is -0.918. The van der Waals surface area contributed by atoms with Gasteiger partial charge < -0.3 is 9.67 Å². The molecule has 0 aliphatic rings. The average Bonchev–Trinajstić information content (AvgIpc) is 2.96. The van der Waals surface area contributed by atoms with Crippen LogP contribution < -0.4 is 0 Å². The number of nitrogens with zero attached hydrogens (tertiary/aromatic N) is 3. The van der Waals surface area contributed by atoms with Crippen molar-refractivity contribution in [3.8, 4) is 0 Å². The fraction of sp³-hybridized carbons (Fsp3) is 0.267. The Bertz CT molecular complexity index is 845. The van der Waals surface area contributed by atoms with Gasteiger partial charge in [-0.15, -0.1) is 0 Å². The summed E-state index contributed by atoms with van der Waals surface area (Å²) in [6, 6.07) is 5.17. The van der Waals surface area contributed by atoms with Gasteiger partial charge in [0.2, 0.25) is 0 Å². The summed E-state index contributed by atoms with van der Waals surface area (Å²) in [6.07, 6.45) is 0. The molecule has 2 aromatic heterocycles. The van der Waals surface area contributed by atoms with Crippen molar-refractivity contribution >= 4 is 16.9 Å². The number of fused-ring (bicyclic) bond motifs is 1. The molecule has 21 heavy (non-hydrogen) atoms. The lowest BCUT2D eigenvalue weighted by atomic mass is 10.1. The van der Waals surface area contributed by atoms with Gasteiger partial charge in [0.1, 0.15) is 11.4 Å². The molecule has 0 amide bonds. The van der Waals surface area contributed by atoms with Crippen LogP contribution in [-0.4, -0.2) is 26.0 Å². The van der Waals surface area contributed by atoms with E-state index >= 15 is 0 Å². The van der Waals surface area contributed by atoms with Crippen LogP contribution in [0.1, 0.15) is 33.0 Å². The number of aryl methyl sites for hydroxylation is 2. The summed E-state index contributed by atoms with van der Waals surface area (Å²) in [6.45, 7) is 6.41. The fourth-order valence-corrected chi connectivity index (χ4v) is 2.53. The van der Waals surface area contributed by atoms with Crippen LogP contribution in [0.15, 0.2) is 22.8 Å². The molecule has 0 saturated heterocycles. The number of benzene rings is 1. The van der Waals surface area contributed by atoms with E-state index in [0.717, 1.165) is 33.5 Å². The maximum absolute atomic E-state index is 11.1. The molecule has 0 unspecified atom stereocenters. The van der Waals surface area contributed by atoms with Gasteiger partial charge in [-0.05, 0) is 44.5 Å². The minimum Gasteiger partial charge on any atom is -0.478 e. The molecule has 1 N–H and O–H groups in total. The molecule has 1 aromatic carbocycles. The van der Waals surface area contributed by atoms with Crippen molar-refractivity contribution in [2.24, 2.45) is 0 Å². The van der Waals surface area contributed by atoms with E-state index in [1.165, 1.54) is 0 Å². The number of carboxylic acid groups (broad SMARTS) is 1. The molecule has 6 nitrogen and oxygen atoms in total. The Kier molecular flexibility index (Phi) is 3.01. The van der Waals surface area contributed by atoms with E-state index in [1.807, 2.05) is 26.8 Å². The van der Waals surface area contributed by atoms with Crippen molar-refractivity contribution in [2.75, 3.05) is 0 Å². The molecule has 2 heterocycles. The first kappa shape index (κ1) is 13.4. The molecule has 0 aliphatic carbocycles. The number of carbonyl (C=O) groups is 1. The summed E-state index contributed by atoms with van der Waals surface area (Å²) in [7, 11) is 0. The lowest BCUT2D eigenvalue weighted by Gasteiger charge is -2.06. The fourth-order valence-electron chi connectivity index (χ4n) is 2.53. The molecule has 0 bridgehead atoms. The molecule has 0 fully saturated rings. The Morgan fingerprint density at radius 1 is 1.29 bits per heavy atom. The smallest absolute Gasteiger partial charge is 0.335 e. The summed E-state index contributed by atoms with van der Waals surface area (Å²) >= 11 is 0. The van der Waals surface area contributed by atoms with Gasteiger partial charge in [0, 0.05) is 16.6 Å². The highest BCUT2D eigenvalue weighted by molar-refractivity contribution is 5.95. The molecule has 0 atom stereocenters. The van der Waals surface area contributed by atoms with E-state index in [4.69, 9.17) is 9.74 Å². The molecule has 0 spiro atoms. The highest BCUT2D eigenvalue weighted by Gasteiger charge is 2.15. The number of aromatic nitrogens is 3. The summed E-state index contributed by atoms with van der Waals surface area (Å²) in [5.41, 5.74) is 4.96. The molecule has 108 valence electrons. The third-order valence-corrected chi connectivity index (χ3v) is 3.94. The number of hydrogen-bond donors (Lipinski definition) is 1. The van der Waals surface area contributed by atoms with Crippen molar-refractivity contribution in [3.05, 3.63) is 46.4 Å². The van der Waals surface area contributed by atoms with Crippen molar-refractivity contribution < 1.29 is 14.5 Å². The summed E-state index contributed by atoms with van der Waals surface area (Å²) in [5.74, 6) is -0.918. The number of hydrogen-bond acceptors (Lipinski definition) is 4. The zero-order chi connectivity index (χ0) is 15.1. The van der Waals surface area contributed by atoms with Crippen LogP contribution in [0.25, 0.3) is 10.9 Å². The lowest BCUT2D eigenvalue weighted by Crippen LogP contribution is -2.04. The second kappa shape index (κ2) is 4.73. The van der Waals surface area contributed by atoms with Gasteiger partial charge >= 0.3 is 5.97 Å². The predicted octanol–water partition coefficient (Wildman–Crippen LogP) is 2.70. The van der Waals surface area contributed by atoms with E-state index in [2.05, 4.69) is 14.9 Å². The Morgan fingerprint density at radius 2 is 2.05 bits per heavy atom. The molecular weight excluding hydrogens is 270 g/mol. The van der Waals surface area contributed by atoms with Gasteiger partial charge in [-0.2, -0.15) is 0 Å². The van der Waals surface area contributed by atoms with Crippen LogP contribution in [0.4, 0.5) is 0 Å². The monoisotopic (exact) mass is 285 g/mol. The first-order chi connectivity index (χ1) is 9.99. The topological polar surface area (TPSA) is 81.2 Å². The van der Waals surface area contributed by atoms with Gasteiger partial charge in [0.25, 0.3) is 0 Å². The molecule has 0 aliphatic heterocycles. The molecule has 3 rings (SSSR count). The van der Waals surface area contributed by atoms with Crippen LogP contribution in [-0.2, 0) is 6.54 Å². The van der Waals surface area contributed by atoms with E-state index in [9.17, 15) is 4.79 Å². The Balaban J connectivity index is 2.17. The number of aromatic carboxylic acids is 1. The van der Waals surface area contributed by atoms with Crippen LogP contribution in [0.5, 0.6) is 0 Å². The van der Waals surface area contributed by atoms with Gasteiger partial charge in [-0.1, -0.05) is 10.3 Å². The van der Waals surface area contributed by atoms with E-state index < -0.39 is 5.97 Å². The summed E-state index contributed by atoms with van der Waals surface area (Å²) in [5, 5.41) is 17.8. The molecule has 6 heteroatoms. The largest absolute Gasteiger partial charge is 0.478 e. The lowest BCUT2D eigenvalue weighted by molar-refractivity contribution is 0.0697. The Labute approximate surface area is 121 Å². The average molecular weight is 285 g/mol. The molecule has 3 aromatic rings. The molecule has 0 radical (unpaired) electrons. The highest BCUT2D eigenvalue weighted by Crippen LogP contribution is 2.27. The SMILES string of the molecule is Cc1nonc1Cn1c(C)c(C)c2cc(C(=O)O)ccc21. The Hall–Kier alpha value is -2.63. The van der Waals surface area contributed by atoms with Crippen molar-refractivity contribution in [2.45, 2.75) is 27.3 Å². The van der Waals surface area contributed by atoms with Gasteiger partial charge in [0.15, 0.2) is 0 Å². The zero-order valence-corrected chi connectivity index (χ0v) is 12.0. The van der Waals surface area contributed by atoms with E-state index in [1.54, 1.807) is 12.1 Å². The maximum Gasteiger partial charge on any atom is 0.335 e. The minimum absolute atomic E-state index is 0.294. The normalized spacial score (nSPS) is 11.2. The summed E-state index contributed by atoms with van der Waals surface area (Å²) < 4.78 is 6.84. The predicted molar refractivity (Wildman–Crippen MR) is 76.5 cm³/mol. The first-order valence-electron chi connectivity index (χ1n) is 6.60. The standard InChI is InChI=1S/C15H15N3O3/c1-8-10(3)18(7-13-9(2)16-21-17-13)14-5-4-11(15(19)20)6-12(8)14/h4-6H,7H2,1-3H3,(H,19,20). The van der Waals surface area contributed by atoms with Crippen LogP contribution >= 0.6 is 0 Å². The maximum atomic E-state index is 11.1. The van der Waals surface area contributed by atoms with Crippen molar-refractivity contribution in [1.82, 2.24) is 14.9 Å². The zero-order valence-electron chi connectivity index (χ0n) is 12.0. The van der Waals surface area contributed by atoms with Crippen LogP contribution in [0.3, 0.4) is 0 Å². The molecular formula is C15H15N3O3. The van der Waals surface area contributed by atoms with E-state index in [-0.39, 0.29) is 0 Å². The second-order valence-corrected chi connectivity index (χ2v) is 5.13. The highest BCUT2D eigenvalue weighted by atomic mass is 16.6. The molecule has 0 saturated carbocycles. The summed E-state index contributed by atoms with van der Waals surface area (Å²) in [4.78, 5) is 11.1. The van der Waals surface area contributed by atoms with E-state index in [0.29, 0.717) is 12.1 Å². The third-order valence-electron chi connectivity index (χ3n) is 3.94. The van der Waals surface area contributed by atoms with Crippen LogP contribution in [0, 0.1) is 20.8 Å². The Morgan fingerprint density at radius 3 is 2.67 bits per heavy atom. The van der Waals surface area contributed by atoms with Gasteiger partial charge in [0.05, 0.1) is 12.1 Å².